The van der Waals surface area contributed by atoms with Gasteiger partial charge < -0.3 is 14.6 Å². The Bertz CT molecular complexity index is 982. The minimum absolute atomic E-state index is 0.250. The van der Waals surface area contributed by atoms with Crippen molar-refractivity contribution in [1.29, 1.82) is 0 Å². The number of pyridine rings is 2. The first-order valence-corrected chi connectivity index (χ1v) is 9.03. The van der Waals surface area contributed by atoms with Crippen LogP contribution >= 0.6 is 0 Å². The molecule has 0 spiro atoms. The summed E-state index contributed by atoms with van der Waals surface area (Å²) in [7, 11) is 0. The molecule has 0 saturated carbocycles. The lowest BCUT2D eigenvalue weighted by Gasteiger charge is -2.18. The van der Waals surface area contributed by atoms with E-state index < -0.39 is 0 Å². The third-order valence-corrected chi connectivity index (χ3v) is 4.60. The molecule has 7 heteroatoms. The third kappa shape index (κ3) is 3.53. The van der Waals surface area contributed by atoms with E-state index in [1.54, 1.807) is 24.5 Å². The van der Waals surface area contributed by atoms with Crippen molar-refractivity contribution >= 4 is 11.7 Å². The Balaban J connectivity index is 1.77. The molecule has 1 aliphatic rings. The molecule has 1 atom stereocenters. The van der Waals surface area contributed by atoms with Crippen molar-refractivity contribution in [3.8, 4) is 17.4 Å². The number of hydrogen-bond acceptors (Lipinski definition) is 5. The Morgan fingerprint density at radius 3 is 3.07 bits per heavy atom. The number of imidazole rings is 1. The van der Waals surface area contributed by atoms with E-state index >= 15 is 0 Å². The van der Waals surface area contributed by atoms with Crippen LogP contribution in [0.15, 0.2) is 42.9 Å². The highest BCUT2D eigenvalue weighted by Crippen LogP contribution is 2.25. The zero-order valence-corrected chi connectivity index (χ0v) is 15.3. The number of carbonyl (C=O) groups excluding carboxylic acids is 1. The zero-order chi connectivity index (χ0) is 18.8. The van der Waals surface area contributed by atoms with Gasteiger partial charge >= 0.3 is 0 Å². The number of fused-ring (bicyclic) bond motifs is 5. The minimum atomic E-state index is -0.292. The van der Waals surface area contributed by atoms with Gasteiger partial charge in [0.2, 0.25) is 5.88 Å². The molecule has 3 aromatic heterocycles. The Hall–Kier alpha value is -3.22. The number of nitrogens with zero attached hydrogens (tertiary/aromatic N) is 4. The summed E-state index contributed by atoms with van der Waals surface area (Å²) in [4.78, 5) is 26.1. The highest BCUT2D eigenvalue weighted by Gasteiger charge is 2.18. The van der Waals surface area contributed by atoms with Gasteiger partial charge in [-0.15, -0.1) is 0 Å². The van der Waals surface area contributed by atoms with Gasteiger partial charge in [-0.1, -0.05) is 6.07 Å². The summed E-state index contributed by atoms with van der Waals surface area (Å²) in [5.74, 6) is 1.31. The third-order valence-electron chi connectivity index (χ3n) is 4.60. The Morgan fingerprint density at radius 2 is 2.19 bits per heavy atom. The van der Waals surface area contributed by atoms with Crippen LogP contribution in [0.1, 0.15) is 41.7 Å². The van der Waals surface area contributed by atoms with Gasteiger partial charge in [-0.25, -0.2) is 15.0 Å². The highest BCUT2D eigenvalue weighted by molar-refractivity contribution is 6.05. The van der Waals surface area contributed by atoms with E-state index in [0.717, 1.165) is 29.9 Å². The fourth-order valence-electron chi connectivity index (χ4n) is 3.20. The number of amides is 1. The summed E-state index contributed by atoms with van der Waals surface area (Å²) in [6.45, 7) is 4.54. The number of ether oxygens (including phenoxy) is 1. The molecule has 3 aromatic rings. The summed E-state index contributed by atoms with van der Waals surface area (Å²) in [6, 6.07) is 7.55. The summed E-state index contributed by atoms with van der Waals surface area (Å²) in [5.41, 5.74) is 2.03. The SMILES string of the molecule is Cc1cnc2c(c1)C(=O)Nc1cccc(n1)-c1nccn1C(C)CCCO2. The van der Waals surface area contributed by atoms with Crippen LogP contribution in [0.4, 0.5) is 5.82 Å². The normalized spacial score (nSPS) is 17.1. The first-order valence-electron chi connectivity index (χ1n) is 9.03. The molecular weight excluding hydrogens is 342 g/mol. The van der Waals surface area contributed by atoms with E-state index in [2.05, 4.69) is 31.8 Å². The lowest BCUT2D eigenvalue weighted by molar-refractivity contribution is 0.102. The fourth-order valence-corrected chi connectivity index (χ4v) is 3.20. The van der Waals surface area contributed by atoms with Crippen molar-refractivity contribution < 1.29 is 9.53 Å². The largest absolute Gasteiger partial charge is 0.477 e. The molecule has 27 heavy (non-hydrogen) atoms. The smallest absolute Gasteiger partial charge is 0.262 e. The van der Waals surface area contributed by atoms with Crippen molar-refractivity contribution in [1.82, 2.24) is 19.5 Å². The van der Waals surface area contributed by atoms with E-state index in [4.69, 9.17) is 4.74 Å². The fraction of sp³-hybridized carbons (Fsp3) is 0.300. The van der Waals surface area contributed by atoms with Crippen molar-refractivity contribution in [3.63, 3.8) is 0 Å². The predicted molar refractivity (Wildman–Crippen MR) is 102 cm³/mol. The standard InChI is InChI=1S/C20H21N5O2/c1-13-11-15-19(26)24-17-7-3-6-16(23-17)18-21-8-9-25(18)14(2)5-4-10-27-20(15)22-12-13/h3,6-9,11-12,14H,4-5,10H2,1-2H3,(H,23,24,26). The van der Waals surface area contributed by atoms with E-state index in [1.165, 1.54) is 0 Å². The van der Waals surface area contributed by atoms with Gasteiger partial charge in [0, 0.05) is 24.6 Å². The molecule has 4 rings (SSSR count). The highest BCUT2D eigenvalue weighted by atomic mass is 16.5. The lowest BCUT2D eigenvalue weighted by Crippen LogP contribution is -2.17. The molecule has 1 amide bonds. The van der Waals surface area contributed by atoms with E-state index in [9.17, 15) is 4.79 Å². The average Bonchev–Trinajstić information content (AvgIpc) is 3.15. The van der Waals surface area contributed by atoms with Gasteiger partial charge in [0.05, 0.1) is 6.61 Å². The molecule has 0 fully saturated rings. The molecule has 0 aromatic carbocycles. The van der Waals surface area contributed by atoms with Crippen LogP contribution in [-0.4, -0.2) is 32.0 Å². The van der Waals surface area contributed by atoms with Crippen LogP contribution in [0.25, 0.3) is 11.5 Å². The summed E-state index contributed by atoms with van der Waals surface area (Å²) in [5, 5.41) is 2.85. The molecule has 0 radical (unpaired) electrons. The predicted octanol–water partition coefficient (Wildman–Crippen LogP) is 3.63. The van der Waals surface area contributed by atoms with Crippen molar-refractivity contribution in [3.05, 3.63) is 54.0 Å². The van der Waals surface area contributed by atoms with Crippen LogP contribution in [0, 0.1) is 6.92 Å². The molecule has 1 N–H and O–H groups in total. The monoisotopic (exact) mass is 363 g/mol. The molecule has 138 valence electrons. The van der Waals surface area contributed by atoms with E-state index in [1.807, 2.05) is 25.3 Å². The van der Waals surface area contributed by atoms with E-state index in [0.29, 0.717) is 23.9 Å². The first-order chi connectivity index (χ1) is 13.1. The van der Waals surface area contributed by atoms with Crippen molar-refractivity contribution in [2.75, 3.05) is 11.9 Å². The molecule has 1 unspecified atom stereocenters. The quantitative estimate of drug-likeness (QED) is 0.659. The van der Waals surface area contributed by atoms with Crippen molar-refractivity contribution in [2.45, 2.75) is 32.7 Å². The van der Waals surface area contributed by atoms with Gasteiger partial charge in [-0.05, 0) is 50.5 Å². The van der Waals surface area contributed by atoms with Gasteiger partial charge in [-0.3, -0.25) is 4.79 Å². The topological polar surface area (TPSA) is 81.9 Å². The second-order valence-electron chi connectivity index (χ2n) is 6.73. The van der Waals surface area contributed by atoms with Gasteiger partial charge in [0.15, 0.2) is 5.82 Å². The van der Waals surface area contributed by atoms with Crippen LogP contribution in [-0.2, 0) is 0 Å². The molecule has 0 saturated heterocycles. The number of aromatic nitrogens is 4. The molecule has 0 aliphatic carbocycles. The molecular formula is C20H21N5O2. The number of hydrogen-bond donors (Lipinski definition) is 1. The molecule has 1 aliphatic heterocycles. The van der Waals surface area contributed by atoms with Crippen LogP contribution in [0.5, 0.6) is 5.88 Å². The van der Waals surface area contributed by atoms with Crippen LogP contribution in [0.3, 0.4) is 0 Å². The maximum Gasteiger partial charge on any atom is 0.262 e. The second-order valence-corrected chi connectivity index (χ2v) is 6.73. The first kappa shape index (κ1) is 17.2. The molecule has 4 heterocycles. The number of nitrogens with one attached hydrogen (secondary N) is 1. The number of anilines is 1. The lowest BCUT2D eigenvalue weighted by atomic mass is 10.1. The summed E-state index contributed by atoms with van der Waals surface area (Å²) in [6.07, 6.45) is 7.18. The maximum atomic E-state index is 12.8. The average molecular weight is 363 g/mol. The van der Waals surface area contributed by atoms with Gasteiger partial charge in [0.25, 0.3) is 5.91 Å². The molecule has 2 bridgehead atoms. The van der Waals surface area contributed by atoms with Gasteiger partial charge in [0.1, 0.15) is 17.1 Å². The number of aryl methyl sites for hydroxylation is 1. The Kier molecular flexibility index (Phi) is 4.58. The minimum Gasteiger partial charge on any atom is -0.477 e. The Morgan fingerprint density at radius 1 is 1.30 bits per heavy atom. The Labute approximate surface area is 157 Å². The van der Waals surface area contributed by atoms with Crippen LogP contribution in [0.2, 0.25) is 0 Å². The summed E-state index contributed by atoms with van der Waals surface area (Å²) >= 11 is 0. The summed E-state index contributed by atoms with van der Waals surface area (Å²) < 4.78 is 7.92. The number of rotatable bonds is 0. The van der Waals surface area contributed by atoms with Crippen molar-refractivity contribution in [2.24, 2.45) is 0 Å². The second kappa shape index (κ2) is 7.19. The van der Waals surface area contributed by atoms with E-state index in [-0.39, 0.29) is 11.9 Å². The van der Waals surface area contributed by atoms with Crippen LogP contribution < -0.4 is 10.1 Å². The number of carbonyl (C=O) groups is 1. The maximum absolute atomic E-state index is 12.8. The molecule has 7 nitrogen and oxygen atoms in total. The van der Waals surface area contributed by atoms with Gasteiger partial charge in [-0.2, -0.15) is 0 Å². The zero-order valence-electron chi connectivity index (χ0n) is 15.3.